The second-order valence-electron chi connectivity index (χ2n) is 3.39. The summed E-state index contributed by atoms with van der Waals surface area (Å²) in [5, 5.41) is 17.7. The zero-order valence-electron chi connectivity index (χ0n) is 6.39. The van der Waals surface area contributed by atoms with Gasteiger partial charge in [-0.05, 0) is 11.8 Å². The van der Waals surface area contributed by atoms with Crippen molar-refractivity contribution in [3.63, 3.8) is 0 Å². The molecule has 0 saturated heterocycles. The highest BCUT2D eigenvalue weighted by atomic mass is 16.3. The minimum absolute atomic E-state index is 0.0679. The first kappa shape index (κ1) is 8.92. The first-order chi connectivity index (χ1) is 3.98. The molecule has 56 valence electrons. The normalized spacial score (nSPS) is 15.7. The highest BCUT2D eigenvalue weighted by molar-refractivity contribution is 4.71. The first-order valence-electron chi connectivity index (χ1n) is 3.27. The van der Waals surface area contributed by atoms with Gasteiger partial charge >= 0.3 is 0 Å². The summed E-state index contributed by atoms with van der Waals surface area (Å²) < 4.78 is 0. The Morgan fingerprint density at radius 1 is 1.33 bits per heavy atom. The topological polar surface area (TPSA) is 40.5 Å². The summed E-state index contributed by atoms with van der Waals surface area (Å²) in [4.78, 5) is 0. The van der Waals surface area contributed by atoms with Crippen molar-refractivity contribution in [3.8, 4) is 0 Å². The fourth-order valence-corrected chi connectivity index (χ4v) is 0.555. The van der Waals surface area contributed by atoms with Crippen LogP contribution in [0.2, 0.25) is 0 Å². The maximum atomic E-state index is 9.23. The Hall–Kier alpha value is -0.0800. The summed E-state index contributed by atoms with van der Waals surface area (Å²) in [6, 6.07) is 0. The summed E-state index contributed by atoms with van der Waals surface area (Å²) in [7, 11) is 0. The van der Waals surface area contributed by atoms with Crippen molar-refractivity contribution in [2.45, 2.75) is 33.3 Å². The lowest BCUT2D eigenvalue weighted by atomic mass is 9.87. The van der Waals surface area contributed by atoms with Crippen LogP contribution in [0, 0.1) is 5.41 Å². The molecule has 0 heterocycles. The number of hydrogen-bond donors (Lipinski definition) is 2. The van der Waals surface area contributed by atoms with Gasteiger partial charge in [0.15, 0.2) is 0 Å². The molecule has 9 heavy (non-hydrogen) atoms. The van der Waals surface area contributed by atoms with Gasteiger partial charge in [0.1, 0.15) is 0 Å². The molecule has 0 aromatic rings. The largest absolute Gasteiger partial charge is 0.396 e. The molecule has 0 unspecified atom stereocenters. The molecule has 0 amide bonds. The van der Waals surface area contributed by atoms with Gasteiger partial charge < -0.3 is 10.2 Å². The zero-order valence-corrected chi connectivity index (χ0v) is 6.39. The summed E-state index contributed by atoms with van der Waals surface area (Å²) in [6.07, 6.45) is 0.0891. The molecule has 1 atom stereocenters. The highest BCUT2D eigenvalue weighted by Gasteiger charge is 2.20. The van der Waals surface area contributed by atoms with E-state index in [4.69, 9.17) is 5.11 Å². The highest BCUT2D eigenvalue weighted by Crippen LogP contribution is 2.20. The smallest absolute Gasteiger partial charge is 0.0610 e. The van der Waals surface area contributed by atoms with E-state index in [1.54, 1.807) is 0 Å². The minimum Gasteiger partial charge on any atom is -0.396 e. The van der Waals surface area contributed by atoms with Crippen LogP contribution in [0.3, 0.4) is 0 Å². The van der Waals surface area contributed by atoms with E-state index in [0.29, 0.717) is 6.42 Å². The average Bonchev–Trinajstić information content (AvgIpc) is 1.64. The van der Waals surface area contributed by atoms with Gasteiger partial charge in [-0.2, -0.15) is 0 Å². The molecule has 0 aliphatic heterocycles. The molecule has 0 rings (SSSR count). The minimum atomic E-state index is -0.387. The van der Waals surface area contributed by atoms with E-state index < -0.39 is 0 Å². The molecule has 0 bridgehead atoms. The Morgan fingerprint density at radius 3 is 1.89 bits per heavy atom. The molecule has 2 N–H and O–H groups in total. The van der Waals surface area contributed by atoms with Gasteiger partial charge in [-0.15, -0.1) is 0 Å². The van der Waals surface area contributed by atoms with Crippen LogP contribution in [0.1, 0.15) is 27.2 Å². The molecule has 0 aliphatic rings. The zero-order chi connectivity index (χ0) is 7.49. The van der Waals surface area contributed by atoms with Crippen molar-refractivity contribution in [3.05, 3.63) is 0 Å². The molecule has 0 aliphatic carbocycles. The lowest BCUT2D eigenvalue weighted by Crippen LogP contribution is -2.26. The number of aliphatic hydroxyl groups excluding tert-OH is 2. The van der Waals surface area contributed by atoms with Crippen LogP contribution >= 0.6 is 0 Å². The summed E-state index contributed by atoms with van der Waals surface area (Å²) in [5.41, 5.74) is -0.0945. The number of hydrogen-bond acceptors (Lipinski definition) is 2. The Labute approximate surface area is 56.5 Å². The van der Waals surface area contributed by atoms with Crippen LogP contribution in [-0.4, -0.2) is 22.9 Å². The van der Waals surface area contributed by atoms with E-state index in [2.05, 4.69) is 0 Å². The number of rotatable bonds is 2. The lowest BCUT2D eigenvalue weighted by molar-refractivity contribution is 0.0405. The molecule has 2 heteroatoms. The Balaban J connectivity index is 3.59. The molecule has 0 saturated carbocycles. The third kappa shape index (κ3) is 3.49. The fourth-order valence-electron chi connectivity index (χ4n) is 0.555. The molecule has 0 spiro atoms. The Morgan fingerprint density at radius 2 is 1.78 bits per heavy atom. The molecular weight excluding hydrogens is 116 g/mol. The summed E-state index contributed by atoms with van der Waals surface area (Å²) in [5.74, 6) is 0. The van der Waals surface area contributed by atoms with Gasteiger partial charge in [0.05, 0.1) is 6.10 Å². The van der Waals surface area contributed by atoms with Crippen LogP contribution in [-0.2, 0) is 0 Å². The molecule has 0 aromatic carbocycles. The third-order valence-corrected chi connectivity index (χ3v) is 1.40. The van der Waals surface area contributed by atoms with Crippen molar-refractivity contribution in [1.82, 2.24) is 0 Å². The van der Waals surface area contributed by atoms with E-state index >= 15 is 0 Å². The first-order valence-corrected chi connectivity index (χ1v) is 3.27. The second kappa shape index (κ2) is 3.18. The van der Waals surface area contributed by atoms with Crippen LogP contribution in [0.4, 0.5) is 0 Å². The molecule has 0 radical (unpaired) electrons. The van der Waals surface area contributed by atoms with E-state index in [0.717, 1.165) is 0 Å². The van der Waals surface area contributed by atoms with Crippen LogP contribution in [0.15, 0.2) is 0 Å². The van der Waals surface area contributed by atoms with Gasteiger partial charge in [-0.3, -0.25) is 0 Å². The van der Waals surface area contributed by atoms with Crippen molar-refractivity contribution in [2.75, 3.05) is 6.61 Å². The van der Waals surface area contributed by atoms with Crippen LogP contribution in [0.5, 0.6) is 0 Å². The van der Waals surface area contributed by atoms with E-state index in [9.17, 15) is 5.11 Å². The van der Waals surface area contributed by atoms with E-state index in [1.165, 1.54) is 0 Å². The van der Waals surface area contributed by atoms with Gasteiger partial charge in [0.25, 0.3) is 0 Å². The second-order valence-corrected chi connectivity index (χ2v) is 3.39. The van der Waals surface area contributed by atoms with Crippen molar-refractivity contribution >= 4 is 0 Å². The van der Waals surface area contributed by atoms with Crippen molar-refractivity contribution in [1.29, 1.82) is 0 Å². The average molecular weight is 132 g/mol. The van der Waals surface area contributed by atoms with E-state index in [-0.39, 0.29) is 18.1 Å². The van der Waals surface area contributed by atoms with Gasteiger partial charge in [0, 0.05) is 6.61 Å². The van der Waals surface area contributed by atoms with Crippen molar-refractivity contribution in [2.24, 2.45) is 5.41 Å². The predicted octanol–water partition coefficient (Wildman–Crippen LogP) is 0.776. The quantitative estimate of drug-likeness (QED) is 0.582. The van der Waals surface area contributed by atoms with E-state index in [1.807, 2.05) is 20.8 Å². The van der Waals surface area contributed by atoms with Gasteiger partial charge in [0.2, 0.25) is 0 Å². The maximum absolute atomic E-state index is 9.23. The fraction of sp³-hybridized carbons (Fsp3) is 1.00. The predicted molar refractivity (Wildman–Crippen MR) is 37.2 cm³/mol. The van der Waals surface area contributed by atoms with Crippen LogP contribution in [0.25, 0.3) is 0 Å². The monoisotopic (exact) mass is 132 g/mol. The Bertz CT molecular complexity index is 73.5. The lowest BCUT2D eigenvalue weighted by Gasteiger charge is -2.24. The summed E-state index contributed by atoms with van der Waals surface area (Å²) >= 11 is 0. The van der Waals surface area contributed by atoms with Crippen LogP contribution < -0.4 is 0 Å². The molecule has 2 nitrogen and oxygen atoms in total. The van der Waals surface area contributed by atoms with Gasteiger partial charge in [-0.25, -0.2) is 0 Å². The Kier molecular flexibility index (Phi) is 3.15. The maximum Gasteiger partial charge on any atom is 0.0610 e. The van der Waals surface area contributed by atoms with Gasteiger partial charge in [-0.1, -0.05) is 20.8 Å². The third-order valence-electron chi connectivity index (χ3n) is 1.40. The number of aliphatic hydroxyl groups is 2. The summed E-state index contributed by atoms with van der Waals surface area (Å²) in [6.45, 7) is 5.92. The molecular formula is C7H16O2. The standard InChI is InChI=1S/C7H16O2/c1-7(2,3)6(9)4-5-8/h6,8-9H,4-5H2,1-3H3/t6-/m0/s1. The molecule has 0 aromatic heterocycles. The van der Waals surface area contributed by atoms with Crippen molar-refractivity contribution < 1.29 is 10.2 Å². The molecule has 0 fully saturated rings. The SMILES string of the molecule is CC(C)(C)[C@@H](O)CCO.